The quantitative estimate of drug-likeness (QED) is 0.624. The van der Waals surface area contributed by atoms with E-state index in [-0.39, 0.29) is 12.6 Å². The third-order valence-electron chi connectivity index (χ3n) is 4.00. The maximum atomic E-state index is 12.3. The van der Waals surface area contributed by atoms with Gasteiger partial charge in [0.15, 0.2) is 0 Å². The maximum Gasteiger partial charge on any atom is 0.315 e. The van der Waals surface area contributed by atoms with Gasteiger partial charge in [0.25, 0.3) is 0 Å². The fraction of sp³-hybridized carbons (Fsp3) is 0.316. The van der Waals surface area contributed by atoms with Crippen molar-refractivity contribution in [1.82, 2.24) is 10.6 Å². The number of urea groups is 1. The smallest absolute Gasteiger partial charge is 0.315 e. The fourth-order valence-corrected chi connectivity index (χ4v) is 3.25. The van der Waals surface area contributed by atoms with E-state index in [1.807, 2.05) is 6.92 Å². The minimum atomic E-state index is -3.41. The zero-order chi connectivity index (χ0) is 20.7. The van der Waals surface area contributed by atoms with Crippen molar-refractivity contribution in [3.63, 3.8) is 0 Å². The molecular weight excluding hydrogens is 382 g/mol. The highest BCUT2D eigenvalue weighted by atomic mass is 32.2. The van der Waals surface area contributed by atoms with Crippen molar-refractivity contribution in [2.45, 2.75) is 19.5 Å². The Kier molecular flexibility index (Phi) is 7.11. The summed E-state index contributed by atoms with van der Waals surface area (Å²) in [5.74, 6) is 1.29. The third-order valence-corrected chi connectivity index (χ3v) is 4.59. The number of carbonyl (C=O) groups is 1. The third kappa shape index (κ3) is 6.05. The van der Waals surface area contributed by atoms with Crippen molar-refractivity contribution < 1.29 is 22.7 Å². The van der Waals surface area contributed by atoms with Crippen LogP contribution >= 0.6 is 0 Å². The Bertz CT molecular complexity index is 931. The predicted octanol–water partition coefficient (Wildman–Crippen LogP) is 2.64. The number of rotatable bonds is 8. The molecule has 1 unspecified atom stereocenters. The molecule has 0 saturated carbocycles. The monoisotopic (exact) mass is 407 g/mol. The van der Waals surface area contributed by atoms with Gasteiger partial charge in [0.05, 0.1) is 32.2 Å². The van der Waals surface area contributed by atoms with Crippen molar-refractivity contribution in [2.75, 3.05) is 25.2 Å². The Balaban J connectivity index is 2.04. The average molecular weight is 407 g/mol. The van der Waals surface area contributed by atoms with Crippen LogP contribution < -0.4 is 24.8 Å². The summed E-state index contributed by atoms with van der Waals surface area (Å²) in [5, 5.41) is 5.57. The number of hydrogen-bond acceptors (Lipinski definition) is 5. The van der Waals surface area contributed by atoms with Gasteiger partial charge < -0.3 is 20.1 Å². The number of methoxy groups -OCH3 is 2. The predicted molar refractivity (Wildman–Crippen MR) is 108 cm³/mol. The minimum Gasteiger partial charge on any atom is -0.497 e. The lowest BCUT2D eigenvalue weighted by Gasteiger charge is -2.19. The molecule has 9 heteroatoms. The molecule has 28 heavy (non-hydrogen) atoms. The molecule has 0 saturated heterocycles. The summed E-state index contributed by atoms with van der Waals surface area (Å²) >= 11 is 0. The molecule has 0 aliphatic carbocycles. The summed E-state index contributed by atoms with van der Waals surface area (Å²) in [6, 6.07) is 11.5. The Hall–Kier alpha value is -2.94. The highest BCUT2D eigenvalue weighted by Crippen LogP contribution is 2.29. The van der Waals surface area contributed by atoms with E-state index in [0.29, 0.717) is 22.7 Å². The number of ether oxygens (including phenoxy) is 2. The molecule has 8 nitrogen and oxygen atoms in total. The van der Waals surface area contributed by atoms with Crippen LogP contribution in [0.5, 0.6) is 11.5 Å². The minimum absolute atomic E-state index is 0.159. The molecule has 2 aromatic rings. The molecular formula is C19H25N3O5S. The van der Waals surface area contributed by atoms with E-state index in [0.717, 1.165) is 11.8 Å². The van der Waals surface area contributed by atoms with Crippen LogP contribution in [-0.4, -0.2) is 34.9 Å². The molecule has 0 aliphatic rings. The van der Waals surface area contributed by atoms with E-state index >= 15 is 0 Å². The lowest BCUT2D eigenvalue weighted by molar-refractivity contribution is 0.237. The van der Waals surface area contributed by atoms with E-state index in [1.165, 1.54) is 0 Å². The van der Waals surface area contributed by atoms with E-state index in [2.05, 4.69) is 15.4 Å². The zero-order valence-electron chi connectivity index (χ0n) is 16.3. The fourth-order valence-electron chi connectivity index (χ4n) is 2.65. The first-order chi connectivity index (χ1) is 13.2. The van der Waals surface area contributed by atoms with Gasteiger partial charge in [-0.3, -0.25) is 4.72 Å². The lowest BCUT2D eigenvalue weighted by atomic mass is 10.1. The second-order valence-corrected chi connectivity index (χ2v) is 7.94. The summed E-state index contributed by atoms with van der Waals surface area (Å²) in [7, 11) is -0.285. The van der Waals surface area contributed by atoms with E-state index in [9.17, 15) is 13.2 Å². The van der Waals surface area contributed by atoms with Gasteiger partial charge >= 0.3 is 6.03 Å². The number of nitrogens with one attached hydrogen (secondary N) is 3. The van der Waals surface area contributed by atoms with E-state index < -0.39 is 16.1 Å². The van der Waals surface area contributed by atoms with Crippen LogP contribution in [-0.2, 0) is 16.6 Å². The highest BCUT2D eigenvalue weighted by molar-refractivity contribution is 7.92. The highest BCUT2D eigenvalue weighted by Gasteiger charge is 2.15. The molecule has 0 heterocycles. The first kappa shape index (κ1) is 21.4. The van der Waals surface area contributed by atoms with Gasteiger partial charge in [0.1, 0.15) is 11.5 Å². The van der Waals surface area contributed by atoms with Gasteiger partial charge in [-0.25, -0.2) is 13.2 Å². The van der Waals surface area contributed by atoms with Crippen molar-refractivity contribution in [3.8, 4) is 11.5 Å². The topological polar surface area (TPSA) is 106 Å². The van der Waals surface area contributed by atoms with Crippen LogP contribution in [0.4, 0.5) is 10.5 Å². The van der Waals surface area contributed by atoms with Crippen LogP contribution in [0.2, 0.25) is 0 Å². The molecule has 152 valence electrons. The van der Waals surface area contributed by atoms with Crippen molar-refractivity contribution >= 4 is 21.7 Å². The van der Waals surface area contributed by atoms with Gasteiger partial charge in [-0.2, -0.15) is 0 Å². The van der Waals surface area contributed by atoms with Gasteiger partial charge in [0.2, 0.25) is 10.0 Å². The number of sulfonamides is 1. The molecule has 2 amide bonds. The Morgan fingerprint density at radius 3 is 2.46 bits per heavy atom. The molecule has 1 atom stereocenters. The van der Waals surface area contributed by atoms with E-state index in [1.54, 1.807) is 56.7 Å². The van der Waals surface area contributed by atoms with Gasteiger partial charge in [0, 0.05) is 12.1 Å². The first-order valence-electron chi connectivity index (χ1n) is 8.55. The van der Waals surface area contributed by atoms with Crippen LogP contribution in [0, 0.1) is 0 Å². The molecule has 0 aromatic heterocycles. The molecule has 0 aliphatic heterocycles. The Morgan fingerprint density at radius 1 is 1.11 bits per heavy atom. The second kappa shape index (κ2) is 9.32. The number of para-hydroxylation sites is 1. The largest absolute Gasteiger partial charge is 0.497 e. The summed E-state index contributed by atoms with van der Waals surface area (Å²) in [6.07, 6.45) is 1.08. The zero-order valence-corrected chi connectivity index (χ0v) is 17.1. The second-order valence-electron chi connectivity index (χ2n) is 6.19. The molecule has 0 bridgehead atoms. The summed E-state index contributed by atoms with van der Waals surface area (Å²) in [6.45, 7) is 1.99. The Morgan fingerprint density at radius 2 is 1.82 bits per heavy atom. The van der Waals surface area contributed by atoms with Crippen molar-refractivity contribution in [1.29, 1.82) is 0 Å². The van der Waals surface area contributed by atoms with Crippen LogP contribution in [0.15, 0.2) is 42.5 Å². The first-order valence-corrected chi connectivity index (χ1v) is 10.4. The average Bonchev–Trinajstić information content (AvgIpc) is 2.65. The summed E-state index contributed by atoms with van der Waals surface area (Å²) < 4.78 is 36.0. The van der Waals surface area contributed by atoms with Crippen LogP contribution in [0.3, 0.4) is 0 Å². The molecule has 0 spiro atoms. The van der Waals surface area contributed by atoms with Crippen LogP contribution in [0.25, 0.3) is 0 Å². The molecule has 0 fully saturated rings. The number of carbonyl (C=O) groups excluding carboxylic acids is 1. The number of amides is 2. The SMILES string of the molecule is COc1ccc(OC)c(C(C)NC(=O)NCc2ccccc2NS(C)(=O)=O)c1. The van der Waals surface area contributed by atoms with Gasteiger partial charge in [-0.05, 0) is 36.8 Å². The number of hydrogen-bond donors (Lipinski definition) is 3. The molecule has 3 N–H and O–H groups in total. The van der Waals surface area contributed by atoms with Crippen molar-refractivity contribution in [3.05, 3.63) is 53.6 Å². The van der Waals surface area contributed by atoms with E-state index in [4.69, 9.17) is 9.47 Å². The number of anilines is 1. The summed E-state index contributed by atoms with van der Waals surface area (Å²) in [4.78, 5) is 12.3. The molecule has 0 radical (unpaired) electrons. The Labute approximate surface area is 165 Å². The van der Waals surface area contributed by atoms with Gasteiger partial charge in [-0.15, -0.1) is 0 Å². The standard InChI is InChI=1S/C19H25N3O5S/c1-13(16-11-15(26-2)9-10-18(16)27-3)21-19(23)20-12-14-7-5-6-8-17(14)22-28(4,24)25/h5-11,13,22H,12H2,1-4H3,(H2,20,21,23). The van der Waals surface area contributed by atoms with Gasteiger partial charge in [-0.1, -0.05) is 18.2 Å². The van der Waals surface area contributed by atoms with Crippen LogP contribution in [0.1, 0.15) is 24.1 Å². The number of benzene rings is 2. The van der Waals surface area contributed by atoms with Crippen molar-refractivity contribution in [2.24, 2.45) is 0 Å². The molecule has 2 aromatic carbocycles. The maximum absolute atomic E-state index is 12.3. The lowest BCUT2D eigenvalue weighted by Crippen LogP contribution is -2.36. The molecule has 2 rings (SSSR count). The normalized spacial score (nSPS) is 12.0. The summed E-state index contributed by atoms with van der Waals surface area (Å²) in [5.41, 5.74) is 1.85.